The smallest absolute Gasteiger partial charge is 0.336 e. The van der Waals surface area contributed by atoms with Gasteiger partial charge >= 0.3 is 5.97 Å². The van der Waals surface area contributed by atoms with Gasteiger partial charge in [0.25, 0.3) is 10.0 Å². The van der Waals surface area contributed by atoms with Gasteiger partial charge in [0.1, 0.15) is 5.82 Å². The Bertz CT molecular complexity index is 1450. The van der Waals surface area contributed by atoms with Gasteiger partial charge in [-0.2, -0.15) is 0 Å². The number of aromatic carboxylic acids is 1. The highest BCUT2D eigenvalue weighted by Crippen LogP contribution is 2.28. The third-order valence-electron chi connectivity index (χ3n) is 6.92. The van der Waals surface area contributed by atoms with Gasteiger partial charge in [0, 0.05) is 48.9 Å². The number of Topliss-reactive ketones (excluding diaryl/α,β-unsaturated/α-hetero) is 1. The summed E-state index contributed by atoms with van der Waals surface area (Å²) in [5.41, 5.74) is 1.17. The largest absolute Gasteiger partial charge is 0.478 e. The fourth-order valence-electron chi connectivity index (χ4n) is 4.92. The van der Waals surface area contributed by atoms with Gasteiger partial charge in [-0.3, -0.25) is 14.4 Å². The minimum absolute atomic E-state index is 0.00335. The summed E-state index contributed by atoms with van der Waals surface area (Å²) in [6.07, 6.45) is 1.13. The number of fused-ring (bicyclic) bond motifs is 1. The van der Waals surface area contributed by atoms with Crippen LogP contribution < -0.4 is 9.62 Å². The number of ketones is 1. The molecule has 0 saturated carbocycles. The topological polar surface area (TPSA) is 120 Å². The Labute approximate surface area is 223 Å². The van der Waals surface area contributed by atoms with Gasteiger partial charge < -0.3 is 10.0 Å². The number of carbonyl (C=O) groups excluding carboxylic acids is 1. The number of rotatable bonds is 9. The average molecular weight is 539 g/mol. The van der Waals surface area contributed by atoms with Crippen LogP contribution in [0.3, 0.4) is 0 Å². The number of benzene rings is 2. The standard InChI is InChI=1S/C28H34N4O5S/c1-18(2)15-19(3)31-11-13-32(14-12-31)27-17-25(28(34)35)24-16-22(7-10-26(24)29-27)30-38(36,37)23-8-5-21(6-9-23)20(4)33/h5-10,16-19,30H,11-15H2,1-4H3,(H,34,35). The molecular formula is C28H34N4O5S. The molecule has 1 atom stereocenters. The maximum absolute atomic E-state index is 12.9. The predicted octanol–water partition coefficient (Wildman–Crippen LogP) is 4.49. The average Bonchev–Trinajstić information content (AvgIpc) is 2.87. The fraction of sp³-hybridized carbons (Fsp3) is 0.393. The third-order valence-corrected chi connectivity index (χ3v) is 8.32. The molecule has 0 amide bonds. The second-order valence-corrected chi connectivity index (χ2v) is 11.9. The Hall–Kier alpha value is -3.50. The highest BCUT2D eigenvalue weighted by atomic mass is 32.2. The van der Waals surface area contributed by atoms with E-state index >= 15 is 0 Å². The van der Waals surface area contributed by atoms with Crippen LogP contribution in [0.2, 0.25) is 0 Å². The first-order chi connectivity index (χ1) is 17.9. The Morgan fingerprint density at radius 2 is 1.66 bits per heavy atom. The van der Waals surface area contributed by atoms with Gasteiger partial charge in [0.15, 0.2) is 5.78 Å². The zero-order valence-corrected chi connectivity index (χ0v) is 23.0. The summed E-state index contributed by atoms with van der Waals surface area (Å²) in [6, 6.07) is 12.4. The Kier molecular flexibility index (Phi) is 8.03. The van der Waals surface area contributed by atoms with Crippen LogP contribution in [-0.4, -0.2) is 67.4 Å². The first-order valence-electron chi connectivity index (χ1n) is 12.8. The summed E-state index contributed by atoms with van der Waals surface area (Å²) in [4.78, 5) is 32.9. The van der Waals surface area contributed by atoms with Gasteiger partial charge in [-0.05, 0) is 62.6 Å². The molecule has 2 N–H and O–H groups in total. The molecule has 3 aromatic rings. The molecule has 0 spiro atoms. The van der Waals surface area contributed by atoms with E-state index in [1.165, 1.54) is 37.3 Å². The molecule has 1 aliphatic rings. The maximum Gasteiger partial charge on any atom is 0.336 e. The molecule has 38 heavy (non-hydrogen) atoms. The number of anilines is 2. The zero-order valence-electron chi connectivity index (χ0n) is 22.1. The molecule has 4 rings (SSSR count). The van der Waals surface area contributed by atoms with Gasteiger partial charge in [-0.25, -0.2) is 18.2 Å². The lowest BCUT2D eigenvalue weighted by atomic mass is 10.0. The molecule has 0 radical (unpaired) electrons. The number of carbonyl (C=O) groups is 2. The van der Waals surface area contributed by atoms with E-state index in [0.29, 0.717) is 34.2 Å². The van der Waals surface area contributed by atoms with E-state index < -0.39 is 16.0 Å². The molecule has 1 fully saturated rings. The van der Waals surface area contributed by atoms with Crippen LogP contribution in [0.4, 0.5) is 11.5 Å². The second kappa shape index (κ2) is 11.1. The van der Waals surface area contributed by atoms with E-state index in [-0.39, 0.29) is 21.9 Å². The van der Waals surface area contributed by atoms with Crippen molar-refractivity contribution in [2.75, 3.05) is 35.8 Å². The van der Waals surface area contributed by atoms with Crippen molar-refractivity contribution in [1.29, 1.82) is 0 Å². The molecule has 202 valence electrons. The van der Waals surface area contributed by atoms with Crippen LogP contribution in [0.1, 0.15) is 54.8 Å². The van der Waals surface area contributed by atoms with Crippen molar-refractivity contribution in [2.45, 2.75) is 45.1 Å². The van der Waals surface area contributed by atoms with E-state index in [9.17, 15) is 23.1 Å². The molecule has 1 aliphatic heterocycles. The van der Waals surface area contributed by atoms with Crippen LogP contribution >= 0.6 is 0 Å². The van der Waals surface area contributed by atoms with E-state index in [4.69, 9.17) is 4.98 Å². The normalized spacial score (nSPS) is 15.6. The minimum Gasteiger partial charge on any atom is -0.478 e. The number of sulfonamides is 1. The minimum atomic E-state index is -3.94. The summed E-state index contributed by atoms with van der Waals surface area (Å²) in [5.74, 6) is -0.0374. The van der Waals surface area contributed by atoms with E-state index in [2.05, 4.69) is 35.3 Å². The first-order valence-corrected chi connectivity index (χ1v) is 14.2. The lowest BCUT2D eigenvalue weighted by Crippen LogP contribution is -2.50. The quantitative estimate of drug-likeness (QED) is 0.382. The molecule has 1 saturated heterocycles. The van der Waals surface area contributed by atoms with Crippen molar-refractivity contribution in [3.8, 4) is 0 Å². The summed E-state index contributed by atoms with van der Waals surface area (Å²) >= 11 is 0. The summed E-state index contributed by atoms with van der Waals surface area (Å²) in [6.45, 7) is 11.4. The Morgan fingerprint density at radius 3 is 2.24 bits per heavy atom. The van der Waals surface area contributed by atoms with Crippen LogP contribution in [0.15, 0.2) is 53.4 Å². The number of hydrogen-bond donors (Lipinski definition) is 2. The molecule has 1 unspecified atom stereocenters. The van der Waals surface area contributed by atoms with Gasteiger partial charge in [0.2, 0.25) is 0 Å². The second-order valence-electron chi connectivity index (χ2n) is 10.3. The van der Waals surface area contributed by atoms with Gasteiger partial charge in [-0.15, -0.1) is 0 Å². The number of nitrogens with one attached hydrogen (secondary N) is 1. The predicted molar refractivity (Wildman–Crippen MR) is 149 cm³/mol. The Morgan fingerprint density at radius 1 is 1.00 bits per heavy atom. The van der Waals surface area contributed by atoms with Crippen molar-refractivity contribution in [3.05, 3.63) is 59.7 Å². The summed E-state index contributed by atoms with van der Waals surface area (Å²) < 4.78 is 28.3. The lowest BCUT2D eigenvalue weighted by molar-refractivity contribution is 0.0698. The fourth-order valence-corrected chi connectivity index (χ4v) is 5.97. The van der Waals surface area contributed by atoms with Crippen LogP contribution in [-0.2, 0) is 10.0 Å². The van der Waals surface area contributed by atoms with Gasteiger partial charge in [-0.1, -0.05) is 26.0 Å². The molecule has 1 aromatic heterocycles. The molecule has 10 heteroatoms. The van der Waals surface area contributed by atoms with E-state index in [1.807, 2.05) is 0 Å². The number of piperazine rings is 1. The van der Waals surface area contributed by atoms with Crippen LogP contribution in [0.5, 0.6) is 0 Å². The number of carboxylic acid groups (broad SMARTS) is 1. The molecule has 9 nitrogen and oxygen atoms in total. The Balaban J connectivity index is 1.57. The van der Waals surface area contributed by atoms with Crippen molar-refractivity contribution >= 4 is 44.2 Å². The van der Waals surface area contributed by atoms with E-state index in [0.717, 1.165) is 32.6 Å². The highest BCUT2D eigenvalue weighted by molar-refractivity contribution is 7.92. The van der Waals surface area contributed by atoms with Crippen molar-refractivity contribution in [2.24, 2.45) is 5.92 Å². The molecule has 0 bridgehead atoms. The van der Waals surface area contributed by atoms with Crippen molar-refractivity contribution in [1.82, 2.24) is 9.88 Å². The lowest BCUT2D eigenvalue weighted by Gasteiger charge is -2.39. The number of nitrogens with zero attached hydrogens (tertiary/aromatic N) is 3. The zero-order chi connectivity index (χ0) is 27.6. The first kappa shape index (κ1) is 27.5. The third kappa shape index (κ3) is 6.14. The molecule has 2 aromatic carbocycles. The van der Waals surface area contributed by atoms with Crippen molar-refractivity contribution in [3.63, 3.8) is 0 Å². The van der Waals surface area contributed by atoms with Crippen molar-refractivity contribution < 1.29 is 23.1 Å². The van der Waals surface area contributed by atoms with Crippen LogP contribution in [0, 0.1) is 5.92 Å². The number of pyridine rings is 1. The molecular weight excluding hydrogens is 504 g/mol. The van der Waals surface area contributed by atoms with Gasteiger partial charge in [0.05, 0.1) is 16.0 Å². The number of hydrogen-bond acceptors (Lipinski definition) is 7. The number of aromatic nitrogens is 1. The summed E-state index contributed by atoms with van der Waals surface area (Å²) in [5, 5.41) is 10.3. The maximum atomic E-state index is 12.9. The monoisotopic (exact) mass is 538 g/mol. The molecule has 2 heterocycles. The number of carboxylic acids is 1. The SMILES string of the molecule is CC(=O)c1ccc(S(=O)(=O)Nc2ccc3nc(N4CCN(C(C)CC(C)C)CC4)cc(C(=O)O)c3c2)cc1. The van der Waals surface area contributed by atoms with Crippen LogP contribution in [0.25, 0.3) is 10.9 Å². The van der Waals surface area contributed by atoms with E-state index in [1.54, 1.807) is 18.2 Å². The molecule has 0 aliphatic carbocycles. The highest BCUT2D eigenvalue weighted by Gasteiger charge is 2.24. The summed E-state index contributed by atoms with van der Waals surface area (Å²) in [7, 11) is -3.94.